The monoisotopic (exact) mass is 301 g/mol. The van der Waals surface area contributed by atoms with Gasteiger partial charge in [0.05, 0.1) is 13.0 Å². The van der Waals surface area contributed by atoms with E-state index in [2.05, 4.69) is 41.5 Å². The summed E-state index contributed by atoms with van der Waals surface area (Å²) in [4.78, 5) is 11.4. The van der Waals surface area contributed by atoms with Crippen molar-refractivity contribution in [1.82, 2.24) is 0 Å². The first-order valence-electron chi connectivity index (χ1n) is 7.79. The number of nitrogens with two attached hydrogens (primary N) is 1. The van der Waals surface area contributed by atoms with Gasteiger partial charge in [-0.25, -0.2) is 0 Å². The van der Waals surface area contributed by atoms with Crippen LogP contribution in [0.2, 0.25) is 16.6 Å². The van der Waals surface area contributed by atoms with Crippen molar-refractivity contribution in [3.8, 4) is 0 Å². The first kappa shape index (κ1) is 17.7. The van der Waals surface area contributed by atoms with Crippen LogP contribution in [0.25, 0.3) is 0 Å². The summed E-state index contributed by atoms with van der Waals surface area (Å²) < 4.78 is 11.9. The minimum atomic E-state index is -1.89. The van der Waals surface area contributed by atoms with E-state index in [9.17, 15) is 4.79 Å². The highest BCUT2D eigenvalue weighted by Crippen LogP contribution is 2.42. The van der Waals surface area contributed by atoms with Crippen LogP contribution in [0, 0.1) is 5.92 Å². The van der Waals surface area contributed by atoms with E-state index < -0.39 is 8.32 Å². The van der Waals surface area contributed by atoms with E-state index in [1.165, 1.54) is 0 Å². The van der Waals surface area contributed by atoms with Gasteiger partial charge in [-0.3, -0.25) is 4.79 Å². The van der Waals surface area contributed by atoms with Crippen LogP contribution in [0.5, 0.6) is 0 Å². The van der Waals surface area contributed by atoms with Crippen molar-refractivity contribution in [3.63, 3.8) is 0 Å². The maximum Gasteiger partial charge on any atom is 0.306 e. The third-order valence-corrected chi connectivity index (χ3v) is 10.8. The van der Waals surface area contributed by atoms with E-state index in [-0.39, 0.29) is 18.0 Å². The summed E-state index contributed by atoms with van der Waals surface area (Å²) in [5.41, 5.74) is 7.34. The van der Waals surface area contributed by atoms with Gasteiger partial charge in [0.15, 0.2) is 0 Å². The lowest BCUT2D eigenvalue weighted by Crippen LogP contribution is -2.49. The summed E-state index contributed by atoms with van der Waals surface area (Å²) in [6.07, 6.45) is 0.278. The molecule has 1 rings (SSSR count). The number of rotatable bonds is 7. The lowest BCUT2D eigenvalue weighted by molar-refractivity contribution is -0.142. The van der Waals surface area contributed by atoms with Gasteiger partial charge >= 0.3 is 5.97 Å². The molecule has 1 fully saturated rings. The topological polar surface area (TPSA) is 61.5 Å². The van der Waals surface area contributed by atoms with Gasteiger partial charge in [0, 0.05) is 5.92 Å². The fourth-order valence-electron chi connectivity index (χ4n) is 3.79. The van der Waals surface area contributed by atoms with Crippen molar-refractivity contribution in [1.29, 1.82) is 0 Å². The second kappa shape index (κ2) is 7.05. The highest BCUT2D eigenvalue weighted by atomic mass is 28.4. The van der Waals surface area contributed by atoms with Gasteiger partial charge in [0.25, 0.3) is 0 Å². The van der Waals surface area contributed by atoms with Crippen molar-refractivity contribution >= 4 is 14.3 Å². The number of ether oxygens (including phenoxy) is 1. The van der Waals surface area contributed by atoms with Gasteiger partial charge < -0.3 is 14.9 Å². The summed E-state index contributed by atoms with van der Waals surface area (Å²) in [6.45, 7) is 14.5. The molecule has 5 heteroatoms. The van der Waals surface area contributed by atoms with E-state index in [0.29, 0.717) is 36.2 Å². The van der Waals surface area contributed by atoms with Crippen LogP contribution in [0.4, 0.5) is 0 Å². The predicted molar refractivity (Wildman–Crippen MR) is 84.0 cm³/mol. The number of cyclic esters (lactones) is 1. The number of esters is 1. The smallest absolute Gasteiger partial charge is 0.306 e. The lowest BCUT2D eigenvalue weighted by Gasteiger charge is -2.42. The Morgan fingerprint density at radius 3 is 2.10 bits per heavy atom. The molecule has 0 unspecified atom stereocenters. The molecule has 1 aliphatic rings. The minimum Gasteiger partial charge on any atom is -0.460 e. The quantitative estimate of drug-likeness (QED) is 0.580. The molecule has 1 aliphatic heterocycles. The largest absolute Gasteiger partial charge is 0.460 e. The van der Waals surface area contributed by atoms with Crippen LogP contribution >= 0.6 is 0 Å². The zero-order chi connectivity index (χ0) is 15.5. The normalized spacial score (nSPS) is 24.0. The minimum absolute atomic E-state index is 0.112. The Balaban J connectivity index is 2.79. The number of hydrogen-bond donors (Lipinski definition) is 1. The molecule has 0 spiro atoms. The van der Waals surface area contributed by atoms with E-state index in [1.807, 2.05) is 0 Å². The molecule has 0 aromatic carbocycles. The van der Waals surface area contributed by atoms with Gasteiger partial charge in [0.1, 0.15) is 6.10 Å². The Labute approximate surface area is 124 Å². The Morgan fingerprint density at radius 1 is 1.20 bits per heavy atom. The molecule has 118 valence electrons. The van der Waals surface area contributed by atoms with Crippen molar-refractivity contribution in [3.05, 3.63) is 0 Å². The maximum absolute atomic E-state index is 11.4. The Bertz CT molecular complexity index is 309. The van der Waals surface area contributed by atoms with Crippen molar-refractivity contribution in [2.75, 3.05) is 13.2 Å². The van der Waals surface area contributed by atoms with Gasteiger partial charge in [-0.15, -0.1) is 0 Å². The van der Waals surface area contributed by atoms with Gasteiger partial charge in [-0.1, -0.05) is 41.5 Å². The average molecular weight is 302 g/mol. The van der Waals surface area contributed by atoms with E-state index >= 15 is 0 Å². The molecule has 2 N–H and O–H groups in total. The molecular formula is C15H31NO3Si. The SMILES string of the molecule is CC(C)[Si](OC[C@H]1OC(=O)C[C@@H]1CN)(C(C)C)C(C)C. The first-order chi connectivity index (χ1) is 9.25. The predicted octanol–water partition coefficient (Wildman–Crippen LogP) is 3.07. The molecule has 0 aromatic heterocycles. The summed E-state index contributed by atoms with van der Waals surface area (Å²) in [5.74, 6) is -0.0272. The zero-order valence-corrected chi connectivity index (χ0v) is 14.8. The molecule has 0 aliphatic carbocycles. The highest BCUT2D eigenvalue weighted by Gasteiger charge is 2.46. The third kappa shape index (κ3) is 3.43. The Kier molecular flexibility index (Phi) is 6.22. The summed E-state index contributed by atoms with van der Waals surface area (Å²) in [5, 5.41) is 0. The van der Waals surface area contributed by atoms with Gasteiger partial charge in [0.2, 0.25) is 8.32 Å². The molecule has 0 amide bonds. The Hall–Kier alpha value is -0.393. The zero-order valence-electron chi connectivity index (χ0n) is 13.8. The molecule has 4 nitrogen and oxygen atoms in total. The maximum atomic E-state index is 11.4. The molecule has 0 radical (unpaired) electrons. The van der Waals surface area contributed by atoms with Crippen LogP contribution in [0.1, 0.15) is 48.0 Å². The summed E-state index contributed by atoms with van der Waals surface area (Å²) in [7, 11) is -1.89. The van der Waals surface area contributed by atoms with Crippen molar-refractivity contribution in [2.24, 2.45) is 11.7 Å². The molecule has 2 atom stereocenters. The standard InChI is InChI=1S/C15H31NO3Si/c1-10(2)20(11(3)4,12(5)6)18-9-14-13(8-16)7-15(17)19-14/h10-14H,7-9,16H2,1-6H3/t13-,14-/m1/s1. The van der Waals surface area contributed by atoms with Crippen LogP contribution in [0.15, 0.2) is 0 Å². The van der Waals surface area contributed by atoms with Crippen molar-refractivity contribution in [2.45, 2.75) is 70.7 Å². The van der Waals surface area contributed by atoms with Gasteiger partial charge in [-0.05, 0) is 23.2 Å². The average Bonchev–Trinajstić information content (AvgIpc) is 2.69. The first-order valence-corrected chi connectivity index (χ1v) is 9.93. The molecule has 1 saturated heterocycles. The Morgan fingerprint density at radius 2 is 1.70 bits per heavy atom. The third-order valence-electron chi connectivity index (χ3n) is 4.74. The fourth-order valence-corrected chi connectivity index (χ4v) is 9.24. The molecule has 1 heterocycles. The second-order valence-electron chi connectivity index (χ2n) is 6.86. The van der Waals surface area contributed by atoms with Crippen LogP contribution in [-0.2, 0) is 14.0 Å². The van der Waals surface area contributed by atoms with Gasteiger partial charge in [-0.2, -0.15) is 0 Å². The lowest BCUT2D eigenvalue weighted by atomic mass is 10.0. The van der Waals surface area contributed by atoms with Crippen LogP contribution in [-0.4, -0.2) is 33.5 Å². The van der Waals surface area contributed by atoms with E-state index in [1.54, 1.807) is 0 Å². The molecule has 0 aromatic rings. The van der Waals surface area contributed by atoms with Crippen LogP contribution in [0.3, 0.4) is 0 Å². The number of hydrogen-bond acceptors (Lipinski definition) is 4. The fraction of sp³-hybridized carbons (Fsp3) is 0.933. The molecule has 0 saturated carbocycles. The van der Waals surface area contributed by atoms with Crippen molar-refractivity contribution < 1.29 is 14.0 Å². The highest BCUT2D eigenvalue weighted by molar-refractivity contribution is 6.77. The number of carbonyl (C=O) groups excluding carboxylic acids is 1. The summed E-state index contributed by atoms with van der Waals surface area (Å²) in [6, 6.07) is 0. The van der Waals surface area contributed by atoms with E-state index in [4.69, 9.17) is 14.9 Å². The summed E-state index contributed by atoms with van der Waals surface area (Å²) >= 11 is 0. The van der Waals surface area contributed by atoms with E-state index in [0.717, 1.165) is 0 Å². The molecular weight excluding hydrogens is 270 g/mol. The molecule has 0 bridgehead atoms. The second-order valence-corrected chi connectivity index (χ2v) is 12.3. The number of carbonyl (C=O) groups is 1. The molecule has 20 heavy (non-hydrogen) atoms. The van der Waals surface area contributed by atoms with Crippen LogP contribution < -0.4 is 5.73 Å².